The molecular formula is C16H25NO. The molecule has 0 radical (unpaired) electrons. The summed E-state index contributed by atoms with van der Waals surface area (Å²) >= 11 is 0. The summed E-state index contributed by atoms with van der Waals surface area (Å²) in [4.78, 5) is 0. The third kappa shape index (κ3) is 2.69. The third-order valence-corrected chi connectivity index (χ3v) is 4.06. The van der Waals surface area contributed by atoms with Gasteiger partial charge in [-0.1, -0.05) is 25.8 Å². The van der Waals surface area contributed by atoms with Crippen LogP contribution in [0, 0.1) is 0 Å². The van der Waals surface area contributed by atoms with Crippen LogP contribution in [0.4, 0.5) is 0 Å². The summed E-state index contributed by atoms with van der Waals surface area (Å²) in [6.45, 7) is 2.66. The standard InChI is InChI=1S/C16H25NO/c1-2-3-4-9-15-14-8-6-5-7-12(14)10-13(11-17)16(15)18/h10,18H,2-9,11,17H2,1H3. The summed E-state index contributed by atoms with van der Waals surface area (Å²) < 4.78 is 0. The first-order chi connectivity index (χ1) is 8.77. The zero-order valence-corrected chi connectivity index (χ0v) is 11.5. The first-order valence-electron chi connectivity index (χ1n) is 7.33. The van der Waals surface area contributed by atoms with Crippen LogP contribution in [0.2, 0.25) is 0 Å². The van der Waals surface area contributed by atoms with E-state index in [-0.39, 0.29) is 0 Å². The highest BCUT2D eigenvalue weighted by Gasteiger charge is 2.18. The molecule has 0 aromatic heterocycles. The highest BCUT2D eigenvalue weighted by molar-refractivity contribution is 5.51. The van der Waals surface area contributed by atoms with Gasteiger partial charge in [-0.15, -0.1) is 0 Å². The highest BCUT2D eigenvalue weighted by atomic mass is 16.3. The molecule has 0 saturated carbocycles. The van der Waals surface area contributed by atoms with Gasteiger partial charge in [-0.2, -0.15) is 0 Å². The van der Waals surface area contributed by atoms with Gasteiger partial charge in [-0.05, 0) is 55.2 Å². The van der Waals surface area contributed by atoms with E-state index in [9.17, 15) is 5.11 Å². The van der Waals surface area contributed by atoms with E-state index >= 15 is 0 Å². The maximum atomic E-state index is 10.4. The van der Waals surface area contributed by atoms with Crippen LogP contribution in [-0.4, -0.2) is 5.11 Å². The Labute approximate surface area is 110 Å². The van der Waals surface area contributed by atoms with E-state index in [1.54, 1.807) is 0 Å². The van der Waals surface area contributed by atoms with Crippen molar-refractivity contribution in [2.75, 3.05) is 0 Å². The van der Waals surface area contributed by atoms with Gasteiger partial charge < -0.3 is 10.8 Å². The Morgan fingerprint density at radius 1 is 1.22 bits per heavy atom. The molecule has 1 aromatic rings. The van der Waals surface area contributed by atoms with Crippen molar-refractivity contribution in [2.24, 2.45) is 5.73 Å². The molecule has 0 unspecified atom stereocenters. The van der Waals surface area contributed by atoms with Gasteiger partial charge in [0.15, 0.2) is 0 Å². The minimum absolute atomic E-state index is 0.444. The van der Waals surface area contributed by atoms with Crippen molar-refractivity contribution >= 4 is 0 Å². The van der Waals surface area contributed by atoms with E-state index in [0.29, 0.717) is 12.3 Å². The summed E-state index contributed by atoms with van der Waals surface area (Å²) in [5, 5.41) is 10.4. The maximum Gasteiger partial charge on any atom is 0.123 e. The van der Waals surface area contributed by atoms with Crippen LogP contribution in [0.25, 0.3) is 0 Å². The molecule has 3 N–H and O–H groups in total. The Morgan fingerprint density at radius 3 is 2.72 bits per heavy atom. The summed E-state index contributed by atoms with van der Waals surface area (Å²) in [7, 11) is 0. The summed E-state index contributed by atoms with van der Waals surface area (Å²) in [5.74, 6) is 0.481. The van der Waals surface area contributed by atoms with Gasteiger partial charge in [0.25, 0.3) is 0 Å². The molecule has 2 rings (SSSR count). The molecule has 0 aliphatic heterocycles. The van der Waals surface area contributed by atoms with E-state index in [1.165, 1.54) is 48.8 Å². The van der Waals surface area contributed by atoms with Gasteiger partial charge in [0.1, 0.15) is 5.75 Å². The van der Waals surface area contributed by atoms with Crippen molar-refractivity contribution in [1.82, 2.24) is 0 Å². The number of phenols is 1. The number of rotatable bonds is 5. The first kappa shape index (κ1) is 13.4. The Balaban J connectivity index is 2.33. The van der Waals surface area contributed by atoms with Crippen molar-refractivity contribution in [1.29, 1.82) is 0 Å². The van der Waals surface area contributed by atoms with Gasteiger partial charge in [-0.3, -0.25) is 0 Å². The minimum atomic E-state index is 0.444. The lowest BCUT2D eigenvalue weighted by atomic mass is 9.84. The van der Waals surface area contributed by atoms with E-state index in [4.69, 9.17) is 5.73 Å². The molecule has 0 fully saturated rings. The molecule has 1 aliphatic carbocycles. The second kappa shape index (κ2) is 6.24. The summed E-state index contributed by atoms with van der Waals surface area (Å²) in [5.41, 5.74) is 10.7. The van der Waals surface area contributed by atoms with Crippen molar-refractivity contribution in [2.45, 2.75) is 64.8 Å². The largest absolute Gasteiger partial charge is 0.507 e. The van der Waals surface area contributed by atoms with Crippen molar-refractivity contribution in [3.63, 3.8) is 0 Å². The Morgan fingerprint density at radius 2 is 2.00 bits per heavy atom. The van der Waals surface area contributed by atoms with E-state index < -0.39 is 0 Å². The van der Waals surface area contributed by atoms with Crippen LogP contribution in [0.3, 0.4) is 0 Å². The summed E-state index contributed by atoms with van der Waals surface area (Å²) in [6, 6.07) is 2.13. The number of nitrogens with two attached hydrogens (primary N) is 1. The number of aryl methyl sites for hydroxylation is 1. The molecule has 0 spiro atoms. The SMILES string of the molecule is CCCCCc1c(O)c(CN)cc2c1CCCC2. The minimum Gasteiger partial charge on any atom is -0.507 e. The second-order valence-electron chi connectivity index (χ2n) is 5.37. The Bertz CT molecular complexity index is 412. The molecule has 0 amide bonds. The summed E-state index contributed by atoms with van der Waals surface area (Å²) in [6.07, 6.45) is 9.46. The zero-order chi connectivity index (χ0) is 13.0. The monoisotopic (exact) mass is 247 g/mol. The predicted molar refractivity (Wildman–Crippen MR) is 75.9 cm³/mol. The number of hydrogen-bond acceptors (Lipinski definition) is 2. The molecule has 100 valence electrons. The van der Waals surface area contributed by atoms with Crippen LogP contribution in [0.5, 0.6) is 5.75 Å². The number of fused-ring (bicyclic) bond motifs is 1. The number of hydrogen-bond donors (Lipinski definition) is 2. The van der Waals surface area contributed by atoms with Crippen LogP contribution in [0.15, 0.2) is 6.07 Å². The fourth-order valence-corrected chi connectivity index (χ4v) is 3.02. The van der Waals surface area contributed by atoms with Crippen molar-refractivity contribution in [3.05, 3.63) is 28.3 Å². The van der Waals surface area contributed by atoms with Crippen molar-refractivity contribution in [3.8, 4) is 5.75 Å². The highest BCUT2D eigenvalue weighted by Crippen LogP contribution is 2.34. The Hall–Kier alpha value is -1.02. The Kier molecular flexibility index (Phi) is 4.65. The smallest absolute Gasteiger partial charge is 0.123 e. The van der Waals surface area contributed by atoms with E-state index in [2.05, 4.69) is 13.0 Å². The van der Waals surface area contributed by atoms with Crippen LogP contribution in [-0.2, 0) is 25.8 Å². The second-order valence-corrected chi connectivity index (χ2v) is 5.37. The molecule has 0 saturated heterocycles. The molecule has 0 heterocycles. The lowest BCUT2D eigenvalue weighted by molar-refractivity contribution is 0.456. The van der Waals surface area contributed by atoms with Crippen molar-refractivity contribution < 1.29 is 5.11 Å². The maximum absolute atomic E-state index is 10.4. The normalized spacial score (nSPS) is 14.6. The number of phenolic OH excluding ortho intramolecular Hbond substituents is 1. The first-order valence-corrected chi connectivity index (χ1v) is 7.33. The molecule has 18 heavy (non-hydrogen) atoms. The quantitative estimate of drug-likeness (QED) is 0.783. The third-order valence-electron chi connectivity index (χ3n) is 4.06. The number of benzene rings is 1. The van der Waals surface area contributed by atoms with Crippen LogP contribution in [0.1, 0.15) is 61.3 Å². The van der Waals surface area contributed by atoms with Gasteiger partial charge in [0.05, 0.1) is 0 Å². The van der Waals surface area contributed by atoms with E-state index in [0.717, 1.165) is 24.8 Å². The lowest BCUT2D eigenvalue weighted by Gasteiger charge is -2.22. The molecule has 2 nitrogen and oxygen atoms in total. The fraction of sp³-hybridized carbons (Fsp3) is 0.625. The number of unbranched alkanes of at least 4 members (excludes halogenated alkanes) is 2. The van der Waals surface area contributed by atoms with Gasteiger partial charge in [0.2, 0.25) is 0 Å². The molecule has 2 heteroatoms. The molecule has 1 aromatic carbocycles. The topological polar surface area (TPSA) is 46.2 Å². The molecular weight excluding hydrogens is 222 g/mol. The zero-order valence-electron chi connectivity index (χ0n) is 11.5. The molecule has 0 bridgehead atoms. The lowest BCUT2D eigenvalue weighted by Crippen LogP contribution is -2.10. The van der Waals surface area contributed by atoms with Gasteiger partial charge in [-0.25, -0.2) is 0 Å². The molecule has 1 aliphatic rings. The average Bonchev–Trinajstić information content (AvgIpc) is 2.41. The predicted octanol–water partition coefficient (Wildman–Crippen LogP) is 3.46. The molecule has 0 atom stereocenters. The number of aromatic hydroxyl groups is 1. The van der Waals surface area contributed by atoms with Crippen LogP contribution >= 0.6 is 0 Å². The van der Waals surface area contributed by atoms with Crippen LogP contribution < -0.4 is 5.73 Å². The van der Waals surface area contributed by atoms with E-state index in [1.807, 2.05) is 0 Å². The van der Waals surface area contributed by atoms with Gasteiger partial charge >= 0.3 is 0 Å². The average molecular weight is 247 g/mol. The fourth-order valence-electron chi connectivity index (χ4n) is 3.02. The van der Waals surface area contributed by atoms with Gasteiger partial charge in [0, 0.05) is 12.1 Å².